The molecule has 0 radical (unpaired) electrons. The number of nitrogens with zero attached hydrogens (tertiary/aromatic N) is 2. The molecule has 1 atom stereocenters. The van der Waals surface area contributed by atoms with Gasteiger partial charge >= 0.3 is 0 Å². The van der Waals surface area contributed by atoms with E-state index in [2.05, 4.69) is 27.6 Å². The molecule has 0 aliphatic heterocycles. The van der Waals surface area contributed by atoms with Gasteiger partial charge in [0.1, 0.15) is 5.71 Å². The van der Waals surface area contributed by atoms with Crippen LogP contribution in [0.5, 0.6) is 0 Å². The summed E-state index contributed by atoms with van der Waals surface area (Å²) in [6, 6.07) is 7.25. The summed E-state index contributed by atoms with van der Waals surface area (Å²) in [5.74, 6) is 0. The molecule has 0 aromatic heterocycles. The summed E-state index contributed by atoms with van der Waals surface area (Å²) >= 11 is 9.49. The minimum absolute atomic E-state index is 0.0444. The van der Waals surface area contributed by atoms with Crippen molar-refractivity contribution in [1.82, 2.24) is 10.9 Å². The minimum Gasteiger partial charge on any atom is -0.375 e. The fourth-order valence-corrected chi connectivity index (χ4v) is 1.75. The van der Waals surface area contributed by atoms with Crippen molar-refractivity contribution in [2.75, 3.05) is 0 Å². The van der Waals surface area contributed by atoms with Crippen LogP contribution in [-0.4, -0.2) is 21.6 Å². The number of hydrazone groups is 2. The van der Waals surface area contributed by atoms with Gasteiger partial charge in [-0.15, -0.1) is 6.58 Å². The summed E-state index contributed by atoms with van der Waals surface area (Å²) < 4.78 is 0. The second-order valence-corrected chi connectivity index (χ2v) is 5.37. The second kappa shape index (κ2) is 8.93. The molecule has 8 N–H and O–H groups in total. The van der Waals surface area contributed by atoms with Gasteiger partial charge in [0.25, 0.3) is 0 Å². The lowest BCUT2D eigenvalue weighted by atomic mass is 10.0. The average Bonchev–Trinajstić information content (AvgIpc) is 2.52. The van der Waals surface area contributed by atoms with Gasteiger partial charge < -0.3 is 17.2 Å². The van der Waals surface area contributed by atoms with Crippen LogP contribution >= 0.6 is 24.4 Å². The van der Waals surface area contributed by atoms with Crippen LogP contribution in [0.25, 0.3) is 0 Å². The number of rotatable bonds is 6. The van der Waals surface area contributed by atoms with Gasteiger partial charge in [-0.2, -0.15) is 10.2 Å². The molecule has 0 aliphatic rings. The second-order valence-electron chi connectivity index (χ2n) is 4.49. The van der Waals surface area contributed by atoms with Crippen LogP contribution < -0.4 is 28.1 Å². The first-order chi connectivity index (χ1) is 10.8. The quantitative estimate of drug-likeness (QED) is 0.220. The van der Waals surface area contributed by atoms with E-state index in [9.17, 15) is 0 Å². The van der Waals surface area contributed by atoms with Crippen LogP contribution in [0, 0.1) is 0 Å². The Bertz CT molecular complexity index is 650. The molecule has 7 nitrogen and oxygen atoms in total. The lowest BCUT2D eigenvalue weighted by Crippen LogP contribution is -2.30. The summed E-state index contributed by atoms with van der Waals surface area (Å²) in [5, 5.41) is 8.32. The molecule has 0 heterocycles. The maximum absolute atomic E-state index is 5.90. The zero-order chi connectivity index (χ0) is 17.4. The van der Waals surface area contributed by atoms with Gasteiger partial charge in [0.05, 0.1) is 5.71 Å². The van der Waals surface area contributed by atoms with Gasteiger partial charge in [-0.3, -0.25) is 10.9 Å². The first kappa shape index (κ1) is 18.7. The Morgan fingerprint density at radius 2 is 1.65 bits per heavy atom. The summed E-state index contributed by atoms with van der Waals surface area (Å²) in [5.41, 5.74) is 24.5. The van der Waals surface area contributed by atoms with Gasteiger partial charge in [-0.25, -0.2) is 0 Å². The van der Waals surface area contributed by atoms with Crippen LogP contribution in [0.3, 0.4) is 0 Å². The molecule has 23 heavy (non-hydrogen) atoms. The number of nitrogens with two attached hydrogens (primary N) is 3. The van der Waals surface area contributed by atoms with Crippen LogP contribution in [0.2, 0.25) is 0 Å². The average molecular weight is 349 g/mol. The SMILES string of the molecule is C=CC(N)c1ccc(C(=NNC(N)=S)C(C)=NNC(N)=S)cc1. The zero-order valence-corrected chi connectivity index (χ0v) is 14.2. The molecule has 9 heteroatoms. The predicted octanol–water partition coefficient (Wildman–Crippen LogP) is 0.619. The Morgan fingerprint density at radius 3 is 2.13 bits per heavy atom. The third-order valence-corrected chi connectivity index (χ3v) is 2.96. The van der Waals surface area contributed by atoms with Crippen LogP contribution in [0.4, 0.5) is 0 Å². The topological polar surface area (TPSA) is 127 Å². The highest BCUT2D eigenvalue weighted by Crippen LogP contribution is 2.13. The maximum Gasteiger partial charge on any atom is 0.184 e. The Balaban J connectivity index is 3.16. The molecule has 0 aliphatic carbocycles. The molecule has 1 aromatic carbocycles. The smallest absolute Gasteiger partial charge is 0.184 e. The Labute approximate surface area is 145 Å². The fraction of sp³-hybridized carbons (Fsp3) is 0.143. The van der Waals surface area contributed by atoms with Crippen molar-refractivity contribution in [3.63, 3.8) is 0 Å². The van der Waals surface area contributed by atoms with Gasteiger partial charge in [0, 0.05) is 11.6 Å². The van der Waals surface area contributed by atoms with Crippen LogP contribution in [0.1, 0.15) is 24.1 Å². The summed E-state index contributed by atoms with van der Waals surface area (Å²) in [6.07, 6.45) is 1.66. The number of benzene rings is 1. The number of hydrogen-bond acceptors (Lipinski definition) is 5. The van der Waals surface area contributed by atoms with E-state index in [-0.39, 0.29) is 16.3 Å². The summed E-state index contributed by atoms with van der Waals surface area (Å²) in [6.45, 7) is 5.42. The third kappa shape index (κ3) is 6.10. The first-order valence-corrected chi connectivity index (χ1v) is 7.38. The highest BCUT2D eigenvalue weighted by molar-refractivity contribution is 7.80. The molecule has 0 saturated heterocycles. The molecule has 0 amide bonds. The number of thiocarbonyl (C=S) groups is 2. The van der Waals surface area contributed by atoms with E-state index in [1.54, 1.807) is 13.0 Å². The normalized spacial score (nSPS) is 13.1. The van der Waals surface area contributed by atoms with E-state index in [0.717, 1.165) is 11.1 Å². The molecule has 0 spiro atoms. The number of nitrogens with one attached hydrogen (secondary N) is 2. The standard InChI is InChI=1S/C14H19N7S2/c1-3-11(15)9-4-6-10(7-5-9)12(19-21-14(17)23)8(2)18-20-13(16)22/h3-7,11H,1,15H2,2H3,(H3,16,20,22)(H3,17,21,23). The van der Waals surface area contributed by atoms with Gasteiger partial charge in [-0.1, -0.05) is 30.3 Å². The van der Waals surface area contributed by atoms with Crippen molar-refractivity contribution in [2.45, 2.75) is 13.0 Å². The highest BCUT2D eigenvalue weighted by Gasteiger charge is 2.10. The Hall–Kier alpha value is -2.36. The molecule has 1 rings (SSSR count). The van der Waals surface area contributed by atoms with Crippen molar-refractivity contribution in [1.29, 1.82) is 0 Å². The van der Waals surface area contributed by atoms with E-state index >= 15 is 0 Å². The lowest BCUT2D eigenvalue weighted by Gasteiger charge is -2.10. The highest BCUT2D eigenvalue weighted by atomic mass is 32.1. The van der Waals surface area contributed by atoms with Crippen LogP contribution in [0.15, 0.2) is 47.1 Å². The Morgan fingerprint density at radius 1 is 1.13 bits per heavy atom. The maximum atomic E-state index is 5.90. The first-order valence-electron chi connectivity index (χ1n) is 6.56. The predicted molar refractivity (Wildman–Crippen MR) is 103 cm³/mol. The van der Waals surface area contributed by atoms with Crippen molar-refractivity contribution >= 4 is 46.1 Å². The minimum atomic E-state index is -0.231. The molecule has 122 valence electrons. The summed E-state index contributed by atoms with van der Waals surface area (Å²) in [4.78, 5) is 0. The molecule has 1 unspecified atom stereocenters. The van der Waals surface area contributed by atoms with Crippen molar-refractivity contribution in [3.05, 3.63) is 48.0 Å². The zero-order valence-electron chi connectivity index (χ0n) is 12.6. The van der Waals surface area contributed by atoms with Crippen molar-refractivity contribution in [3.8, 4) is 0 Å². The number of hydrogen-bond donors (Lipinski definition) is 5. The van der Waals surface area contributed by atoms with Gasteiger partial charge in [0.15, 0.2) is 10.2 Å². The third-order valence-electron chi connectivity index (χ3n) is 2.78. The lowest BCUT2D eigenvalue weighted by molar-refractivity contribution is 0.914. The van der Waals surface area contributed by atoms with E-state index in [0.29, 0.717) is 11.4 Å². The van der Waals surface area contributed by atoms with Crippen LogP contribution in [-0.2, 0) is 0 Å². The fourth-order valence-electron chi connectivity index (χ4n) is 1.66. The van der Waals surface area contributed by atoms with Crippen molar-refractivity contribution in [2.24, 2.45) is 27.4 Å². The van der Waals surface area contributed by atoms with E-state index < -0.39 is 0 Å². The largest absolute Gasteiger partial charge is 0.375 e. The van der Waals surface area contributed by atoms with Gasteiger partial charge in [-0.05, 0) is 36.9 Å². The van der Waals surface area contributed by atoms with Crippen molar-refractivity contribution < 1.29 is 0 Å². The van der Waals surface area contributed by atoms with E-state index in [1.807, 2.05) is 24.3 Å². The van der Waals surface area contributed by atoms with E-state index in [1.165, 1.54) is 0 Å². The molecule has 1 aromatic rings. The van der Waals surface area contributed by atoms with Gasteiger partial charge in [0.2, 0.25) is 0 Å². The molecule has 0 fully saturated rings. The molecule has 0 bridgehead atoms. The molecular weight excluding hydrogens is 330 g/mol. The monoisotopic (exact) mass is 349 g/mol. The van der Waals surface area contributed by atoms with E-state index in [4.69, 9.17) is 41.6 Å². The summed E-state index contributed by atoms with van der Waals surface area (Å²) in [7, 11) is 0. The molecule has 0 saturated carbocycles. The Kier molecular flexibility index (Phi) is 7.26. The molecular formula is C14H19N7S2.